The molecule has 0 saturated carbocycles. The molecule has 1 atom stereocenters. The molecule has 1 unspecified atom stereocenters. The third-order valence-electron chi connectivity index (χ3n) is 4.08. The van der Waals surface area contributed by atoms with Gasteiger partial charge in [-0.2, -0.15) is 0 Å². The van der Waals surface area contributed by atoms with Crippen molar-refractivity contribution in [1.82, 2.24) is 20.6 Å². The standard InChI is InChI=1S/C17H22N4OS.2ClH/c22-16(20-8-5-13-3-1-6-18-10-13)9-15-12-23-17(21-15)14-4-2-7-19-11-14;;/h2,4,7,11-13,18H,1,3,5-6,8-10H2,(H,20,22);2*1H. The molecule has 1 amide bonds. The minimum atomic E-state index is 0. The number of halogens is 2. The molecule has 2 aromatic rings. The Bertz CT molecular complexity index is 633. The van der Waals surface area contributed by atoms with Gasteiger partial charge in [0.15, 0.2) is 0 Å². The summed E-state index contributed by atoms with van der Waals surface area (Å²) in [5.41, 5.74) is 1.82. The molecule has 0 radical (unpaired) electrons. The predicted octanol–water partition coefficient (Wildman–Crippen LogP) is 3.10. The van der Waals surface area contributed by atoms with Gasteiger partial charge in [-0.05, 0) is 50.4 Å². The maximum Gasteiger partial charge on any atom is 0.226 e. The Kier molecular flexibility index (Phi) is 9.97. The zero-order valence-corrected chi connectivity index (χ0v) is 16.4. The quantitative estimate of drug-likeness (QED) is 0.778. The highest BCUT2D eigenvalue weighted by molar-refractivity contribution is 7.13. The monoisotopic (exact) mass is 402 g/mol. The Balaban J connectivity index is 0.00000156. The van der Waals surface area contributed by atoms with Gasteiger partial charge in [-0.25, -0.2) is 4.98 Å². The van der Waals surface area contributed by atoms with E-state index in [-0.39, 0.29) is 30.7 Å². The van der Waals surface area contributed by atoms with Crippen molar-refractivity contribution in [3.63, 3.8) is 0 Å². The van der Waals surface area contributed by atoms with Crippen molar-refractivity contribution < 1.29 is 4.79 Å². The van der Waals surface area contributed by atoms with Gasteiger partial charge in [0.25, 0.3) is 0 Å². The lowest BCUT2D eigenvalue weighted by Crippen LogP contribution is -2.33. The van der Waals surface area contributed by atoms with E-state index in [9.17, 15) is 4.79 Å². The van der Waals surface area contributed by atoms with Gasteiger partial charge < -0.3 is 10.6 Å². The first-order chi connectivity index (χ1) is 11.3. The smallest absolute Gasteiger partial charge is 0.226 e. The van der Waals surface area contributed by atoms with Crippen molar-refractivity contribution >= 4 is 42.1 Å². The second-order valence-electron chi connectivity index (χ2n) is 5.91. The van der Waals surface area contributed by atoms with Gasteiger partial charge in [0.2, 0.25) is 5.91 Å². The van der Waals surface area contributed by atoms with E-state index in [1.165, 1.54) is 12.8 Å². The van der Waals surface area contributed by atoms with Crippen LogP contribution in [0.5, 0.6) is 0 Å². The number of hydrogen-bond donors (Lipinski definition) is 2. The molecule has 0 spiro atoms. The number of hydrogen-bond acceptors (Lipinski definition) is 5. The SMILES string of the molecule is Cl.Cl.O=C(Cc1csc(-c2cccnc2)n1)NCCC1CCCNC1. The van der Waals surface area contributed by atoms with Gasteiger partial charge in [-0.15, -0.1) is 36.2 Å². The molecule has 5 nitrogen and oxygen atoms in total. The lowest BCUT2D eigenvalue weighted by atomic mass is 9.96. The molecular formula is C17H24Cl2N4OS. The Hall–Kier alpha value is -1.21. The summed E-state index contributed by atoms with van der Waals surface area (Å²) >= 11 is 1.55. The Labute approximate surface area is 164 Å². The molecule has 1 fully saturated rings. The largest absolute Gasteiger partial charge is 0.356 e. The average molecular weight is 403 g/mol. The zero-order chi connectivity index (χ0) is 15.9. The molecule has 0 aliphatic carbocycles. The second-order valence-corrected chi connectivity index (χ2v) is 6.77. The molecule has 1 saturated heterocycles. The van der Waals surface area contributed by atoms with Crippen LogP contribution in [0.3, 0.4) is 0 Å². The third kappa shape index (κ3) is 6.90. The molecule has 0 bridgehead atoms. The van der Waals surface area contributed by atoms with Gasteiger partial charge in [0, 0.05) is 29.9 Å². The molecule has 8 heteroatoms. The van der Waals surface area contributed by atoms with Crippen molar-refractivity contribution in [3.05, 3.63) is 35.6 Å². The number of nitrogens with one attached hydrogen (secondary N) is 2. The van der Waals surface area contributed by atoms with E-state index in [0.717, 1.165) is 42.3 Å². The number of carbonyl (C=O) groups excluding carboxylic acids is 1. The molecule has 25 heavy (non-hydrogen) atoms. The van der Waals surface area contributed by atoms with Gasteiger partial charge in [0.05, 0.1) is 12.1 Å². The molecule has 2 N–H and O–H groups in total. The summed E-state index contributed by atoms with van der Waals surface area (Å²) in [5.74, 6) is 0.748. The number of piperidine rings is 1. The third-order valence-corrected chi connectivity index (χ3v) is 5.02. The van der Waals surface area contributed by atoms with Crippen LogP contribution >= 0.6 is 36.2 Å². The van der Waals surface area contributed by atoms with Crippen molar-refractivity contribution in [1.29, 1.82) is 0 Å². The maximum atomic E-state index is 12.0. The number of thiazole rings is 1. The lowest BCUT2D eigenvalue weighted by molar-refractivity contribution is -0.120. The van der Waals surface area contributed by atoms with E-state index in [0.29, 0.717) is 12.3 Å². The molecule has 0 aromatic carbocycles. The Morgan fingerprint density at radius 3 is 3.00 bits per heavy atom. The summed E-state index contributed by atoms with van der Waals surface area (Å²) in [7, 11) is 0. The first-order valence-corrected chi connectivity index (χ1v) is 9.01. The fourth-order valence-electron chi connectivity index (χ4n) is 2.82. The van der Waals surface area contributed by atoms with E-state index in [4.69, 9.17) is 0 Å². The van der Waals surface area contributed by atoms with Crippen molar-refractivity contribution in [3.8, 4) is 10.6 Å². The van der Waals surface area contributed by atoms with Crippen molar-refractivity contribution in [2.75, 3.05) is 19.6 Å². The summed E-state index contributed by atoms with van der Waals surface area (Å²) < 4.78 is 0. The minimum absolute atomic E-state index is 0. The van der Waals surface area contributed by atoms with E-state index in [1.807, 2.05) is 17.5 Å². The highest BCUT2D eigenvalue weighted by Crippen LogP contribution is 2.22. The first-order valence-electron chi connectivity index (χ1n) is 8.13. The topological polar surface area (TPSA) is 66.9 Å². The second kappa shape index (κ2) is 11.4. The summed E-state index contributed by atoms with van der Waals surface area (Å²) in [5, 5.41) is 9.28. The van der Waals surface area contributed by atoms with Crippen LogP contribution in [0.1, 0.15) is 25.0 Å². The lowest BCUT2D eigenvalue weighted by Gasteiger charge is -2.22. The van der Waals surface area contributed by atoms with E-state index >= 15 is 0 Å². The van der Waals surface area contributed by atoms with E-state index < -0.39 is 0 Å². The van der Waals surface area contributed by atoms with Gasteiger partial charge >= 0.3 is 0 Å². The minimum Gasteiger partial charge on any atom is -0.356 e. The van der Waals surface area contributed by atoms with Crippen LogP contribution in [-0.2, 0) is 11.2 Å². The molecule has 138 valence electrons. The number of nitrogens with zero attached hydrogens (tertiary/aromatic N) is 2. The van der Waals surface area contributed by atoms with Crippen LogP contribution in [0.2, 0.25) is 0 Å². The van der Waals surface area contributed by atoms with Crippen LogP contribution in [0.25, 0.3) is 10.6 Å². The van der Waals surface area contributed by atoms with E-state index in [2.05, 4.69) is 20.6 Å². The molecule has 3 rings (SSSR count). The predicted molar refractivity (Wildman–Crippen MR) is 107 cm³/mol. The highest BCUT2D eigenvalue weighted by atomic mass is 35.5. The number of aromatic nitrogens is 2. The number of amides is 1. The summed E-state index contributed by atoms with van der Waals surface area (Å²) in [6.45, 7) is 2.97. The zero-order valence-electron chi connectivity index (χ0n) is 13.9. The molecule has 1 aliphatic heterocycles. The Morgan fingerprint density at radius 1 is 1.40 bits per heavy atom. The summed E-state index contributed by atoms with van der Waals surface area (Å²) in [6.07, 6.45) is 7.45. The normalized spacial score (nSPS) is 16.4. The summed E-state index contributed by atoms with van der Waals surface area (Å²) in [4.78, 5) is 20.6. The van der Waals surface area contributed by atoms with Gasteiger partial charge in [-0.1, -0.05) is 0 Å². The molecule has 3 heterocycles. The van der Waals surface area contributed by atoms with Crippen molar-refractivity contribution in [2.24, 2.45) is 5.92 Å². The number of carbonyl (C=O) groups is 1. The fourth-order valence-corrected chi connectivity index (χ4v) is 3.63. The Morgan fingerprint density at radius 2 is 2.28 bits per heavy atom. The fraction of sp³-hybridized carbons (Fsp3) is 0.471. The number of rotatable bonds is 6. The molecular weight excluding hydrogens is 379 g/mol. The average Bonchev–Trinajstić information content (AvgIpc) is 3.05. The summed E-state index contributed by atoms with van der Waals surface area (Å²) in [6, 6.07) is 3.87. The first kappa shape index (κ1) is 21.8. The van der Waals surface area contributed by atoms with Gasteiger partial charge in [0.1, 0.15) is 5.01 Å². The van der Waals surface area contributed by atoms with E-state index in [1.54, 1.807) is 23.7 Å². The van der Waals surface area contributed by atoms with Crippen molar-refractivity contribution in [2.45, 2.75) is 25.7 Å². The molecule has 2 aromatic heterocycles. The van der Waals surface area contributed by atoms with Crippen LogP contribution in [0.15, 0.2) is 29.9 Å². The number of pyridine rings is 1. The molecule has 1 aliphatic rings. The highest BCUT2D eigenvalue weighted by Gasteiger charge is 2.13. The van der Waals surface area contributed by atoms with Crippen LogP contribution < -0.4 is 10.6 Å². The maximum absolute atomic E-state index is 12.0. The van der Waals surface area contributed by atoms with Crippen LogP contribution in [-0.4, -0.2) is 35.5 Å². The van der Waals surface area contributed by atoms with Gasteiger partial charge in [-0.3, -0.25) is 9.78 Å². The van der Waals surface area contributed by atoms with Crippen LogP contribution in [0.4, 0.5) is 0 Å². The van der Waals surface area contributed by atoms with Crippen LogP contribution in [0, 0.1) is 5.92 Å².